The number of ether oxygens (including phenoxy) is 1. The lowest BCUT2D eigenvalue weighted by Crippen LogP contribution is -2.37. The molecule has 0 radical (unpaired) electrons. The Hall–Kier alpha value is -1.56. The molecule has 1 aromatic rings. The van der Waals surface area contributed by atoms with Crippen LogP contribution in [0.5, 0.6) is 6.01 Å². The lowest BCUT2D eigenvalue weighted by Gasteiger charge is -2.33. The Kier molecular flexibility index (Phi) is 4.42. The van der Waals surface area contributed by atoms with Crippen LogP contribution in [0.1, 0.15) is 19.3 Å². The molecule has 7 heteroatoms. The van der Waals surface area contributed by atoms with Crippen molar-refractivity contribution in [3.05, 3.63) is 11.2 Å². The normalized spacial score (nSPS) is 19.3. The summed E-state index contributed by atoms with van der Waals surface area (Å²) in [6.45, 7) is 1.46. The highest BCUT2D eigenvalue weighted by Gasteiger charge is 2.24. The summed E-state index contributed by atoms with van der Waals surface area (Å²) in [4.78, 5) is 21.0. The molecule has 0 aromatic carbocycles. The molecular formula is C12H16ClN3O3. The second-order valence-electron chi connectivity index (χ2n) is 4.58. The summed E-state index contributed by atoms with van der Waals surface area (Å²) in [5, 5.41) is 9.32. The van der Waals surface area contributed by atoms with Gasteiger partial charge in [-0.15, -0.1) is 0 Å². The highest BCUT2D eigenvalue weighted by Crippen LogP contribution is 2.29. The number of nitrogens with zero attached hydrogens (tertiary/aromatic N) is 3. The summed E-state index contributed by atoms with van der Waals surface area (Å²) in [7, 11) is 1.50. The maximum atomic E-state index is 10.8. The molecule has 0 saturated carbocycles. The van der Waals surface area contributed by atoms with Gasteiger partial charge in [-0.05, 0) is 18.8 Å². The van der Waals surface area contributed by atoms with Gasteiger partial charge in [-0.1, -0.05) is 11.6 Å². The first-order valence-corrected chi connectivity index (χ1v) is 6.51. The van der Waals surface area contributed by atoms with Crippen LogP contribution >= 0.6 is 11.6 Å². The Morgan fingerprint density at radius 3 is 3.16 bits per heavy atom. The lowest BCUT2D eigenvalue weighted by atomic mass is 9.95. The van der Waals surface area contributed by atoms with Crippen molar-refractivity contribution in [3.63, 3.8) is 0 Å². The van der Waals surface area contributed by atoms with Crippen molar-refractivity contribution >= 4 is 23.4 Å². The van der Waals surface area contributed by atoms with Crippen LogP contribution in [-0.4, -0.2) is 41.2 Å². The maximum absolute atomic E-state index is 10.8. The lowest BCUT2D eigenvalue weighted by molar-refractivity contribution is -0.138. The molecule has 1 unspecified atom stereocenters. The fraction of sp³-hybridized carbons (Fsp3) is 0.583. The predicted molar refractivity (Wildman–Crippen MR) is 70.8 cm³/mol. The summed E-state index contributed by atoms with van der Waals surface area (Å²) >= 11 is 6.10. The van der Waals surface area contributed by atoms with Crippen LogP contribution in [-0.2, 0) is 4.79 Å². The second kappa shape index (κ2) is 6.06. The SMILES string of the molecule is COc1ncc(Cl)c(N2CCCC(CC(=O)O)C2)n1. The number of carbonyl (C=O) groups is 1. The number of aromatic nitrogens is 2. The van der Waals surface area contributed by atoms with Crippen LogP contribution in [0.2, 0.25) is 5.02 Å². The van der Waals surface area contributed by atoms with Gasteiger partial charge in [0.2, 0.25) is 0 Å². The van der Waals surface area contributed by atoms with Crippen LogP contribution in [0.15, 0.2) is 6.20 Å². The van der Waals surface area contributed by atoms with Crippen LogP contribution in [0, 0.1) is 5.92 Å². The molecule has 104 valence electrons. The predicted octanol–water partition coefficient (Wildman–Crippen LogP) is 1.83. The third-order valence-corrected chi connectivity index (χ3v) is 3.43. The van der Waals surface area contributed by atoms with Crippen LogP contribution in [0.25, 0.3) is 0 Å². The molecule has 1 saturated heterocycles. The van der Waals surface area contributed by atoms with Gasteiger partial charge >= 0.3 is 12.0 Å². The Labute approximate surface area is 116 Å². The molecule has 1 atom stereocenters. The summed E-state index contributed by atoms with van der Waals surface area (Å²) in [6, 6.07) is 0.264. The summed E-state index contributed by atoms with van der Waals surface area (Å²) in [5.41, 5.74) is 0. The molecular weight excluding hydrogens is 270 g/mol. The van der Waals surface area contributed by atoms with Crippen molar-refractivity contribution < 1.29 is 14.6 Å². The zero-order valence-corrected chi connectivity index (χ0v) is 11.4. The number of piperidine rings is 1. The molecule has 1 aromatic heterocycles. The van der Waals surface area contributed by atoms with E-state index in [0.29, 0.717) is 17.4 Å². The van der Waals surface area contributed by atoms with E-state index in [1.54, 1.807) is 0 Å². The van der Waals surface area contributed by atoms with E-state index >= 15 is 0 Å². The summed E-state index contributed by atoms with van der Waals surface area (Å²) < 4.78 is 4.99. The number of carboxylic acids is 1. The number of anilines is 1. The first-order valence-electron chi connectivity index (χ1n) is 6.13. The molecule has 2 rings (SSSR count). The van der Waals surface area contributed by atoms with Crippen molar-refractivity contribution in [1.29, 1.82) is 0 Å². The van der Waals surface area contributed by atoms with Gasteiger partial charge in [0.05, 0.1) is 13.3 Å². The Balaban J connectivity index is 2.14. The van der Waals surface area contributed by atoms with E-state index in [-0.39, 0.29) is 18.3 Å². The molecule has 2 heterocycles. The van der Waals surface area contributed by atoms with Crippen molar-refractivity contribution in [1.82, 2.24) is 9.97 Å². The monoisotopic (exact) mass is 285 g/mol. The van der Waals surface area contributed by atoms with Gasteiger partial charge in [0.25, 0.3) is 0 Å². The molecule has 1 aliphatic heterocycles. The molecule has 19 heavy (non-hydrogen) atoms. The molecule has 1 fully saturated rings. The Morgan fingerprint density at radius 2 is 2.47 bits per heavy atom. The molecule has 1 N–H and O–H groups in total. The largest absolute Gasteiger partial charge is 0.481 e. The van der Waals surface area contributed by atoms with Gasteiger partial charge in [-0.3, -0.25) is 4.79 Å². The van der Waals surface area contributed by atoms with E-state index in [2.05, 4.69) is 9.97 Å². The van der Waals surface area contributed by atoms with Gasteiger partial charge in [0.15, 0.2) is 5.82 Å². The van der Waals surface area contributed by atoms with Gasteiger partial charge in [0, 0.05) is 19.5 Å². The molecule has 0 bridgehead atoms. The zero-order chi connectivity index (χ0) is 13.8. The van der Waals surface area contributed by atoms with E-state index in [9.17, 15) is 4.79 Å². The van der Waals surface area contributed by atoms with E-state index in [1.165, 1.54) is 13.3 Å². The zero-order valence-electron chi connectivity index (χ0n) is 10.7. The topological polar surface area (TPSA) is 75.5 Å². The van der Waals surface area contributed by atoms with Crippen molar-refractivity contribution in [2.45, 2.75) is 19.3 Å². The van der Waals surface area contributed by atoms with E-state index in [0.717, 1.165) is 19.4 Å². The highest BCUT2D eigenvalue weighted by molar-refractivity contribution is 6.32. The first kappa shape index (κ1) is 13.9. The van der Waals surface area contributed by atoms with Crippen molar-refractivity contribution in [3.8, 4) is 6.01 Å². The van der Waals surface area contributed by atoms with E-state index < -0.39 is 5.97 Å². The number of carboxylic acid groups (broad SMARTS) is 1. The van der Waals surface area contributed by atoms with Crippen LogP contribution < -0.4 is 9.64 Å². The van der Waals surface area contributed by atoms with Crippen LogP contribution in [0.3, 0.4) is 0 Å². The number of hydrogen-bond donors (Lipinski definition) is 1. The minimum atomic E-state index is -0.766. The minimum absolute atomic E-state index is 0.128. The molecule has 6 nitrogen and oxygen atoms in total. The number of halogens is 1. The third kappa shape index (κ3) is 3.47. The summed E-state index contributed by atoms with van der Waals surface area (Å²) in [6.07, 6.45) is 3.53. The van der Waals surface area contributed by atoms with Crippen LogP contribution in [0.4, 0.5) is 5.82 Å². The smallest absolute Gasteiger partial charge is 0.318 e. The second-order valence-corrected chi connectivity index (χ2v) is 4.99. The van der Waals surface area contributed by atoms with Crippen molar-refractivity contribution in [2.75, 3.05) is 25.1 Å². The average molecular weight is 286 g/mol. The number of aliphatic carboxylic acids is 1. The Morgan fingerprint density at radius 1 is 1.68 bits per heavy atom. The first-order chi connectivity index (χ1) is 9.10. The number of rotatable bonds is 4. The average Bonchev–Trinajstić information content (AvgIpc) is 2.39. The number of hydrogen-bond acceptors (Lipinski definition) is 5. The third-order valence-electron chi connectivity index (χ3n) is 3.17. The van der Waals surface area contributed by atoms with Gasteiger partial charge in [-0.2, -0.15) is 4.98 Å². The highest BCUT2D eigenvalue weighted by atomic mass is 35.5. The van der Waals surface area contributed by atoms with Gasteiger partial charge in [0.1, 0.15) is 5.02 Å². The standard InChI is InChI=1S/C12H16ClN3O3/c1-19-12-14-6-9(13)11(15-12)16-4-2-3-8(7-16)5-10(17)18/h6,8H,2-5,7H2,1H3,(H,17,18). The maximum Gasteiger partial charge on any atom is 0.318 e. The van der Waals surface area contributed by atoms with E-state index in [1.807, 2.05) is 4.90 Å². The summed E-state index contributed by atoms with van der Waals surface area (Å²) in [5.74, 6) is -0.0231. The quantitative estimate of drug-likeness (QED) is 0.909. The fourth-order valence-corrected chi connectivity index (χ4v) is 2.54. The Bertz CT molecular complexity index is 470. The number of methoxy groups -OCH3 is 1. The molecule has 0 spiro atoms. The fourth-order valence-electron chi connectivity index (χ4n) is 2.33. The molecule has 0 aliphatic carbocycles. The minimum Gasteiger partial charge on any atom is -0.481 e. The molecule has 0 amide bonds. The molecule has 1 aliphatic rings. The van der Waals surface area contributed by atoms with Crippen molar-refractivity contribution in [2.24, 2.45) is 5.92 Å². The van der Waals surface area contributed by atoms with Gasteiger partial charge < -0.3 is 14.7 Å². The van der Waals surface area contributed by atoms with Gasteiger partial charge in [-0.25, -0.2) is 4.98 Å². The van der Waals surface area contributed by atoms with E-state index in [4.69, 9.17) is 21.4 Å².